The minimum atomic E-state index is -0.234. The van der Waals surface area contributed by atoms with Gasteiger partial charge in [-0.25, -0.2) is 15.0 Å². The Balaban J connectivity index is 1.82. The molecule has 0 bridgehead atoms. The highest BCUT2D eigenvalue weighted by Gasteiger charge is 2.07. The number of nitrogens with one attached hydrogen (secondary N) is 3. The Hall–Kier alpha value is -2.44. The zero-order valence-electron chi connectivity index (χ0n) is 10.7. The van der Waals surface area contributed by atoms with Gasteiger partial charge >= 0.3 is 0 Å². The molecular formula is C12H16N6O. The molecule has 0 fully saturated rings. The Morgan fingerprint density at radius 2 is 2.21 bits per heavy atom. The molecule has 100 valence electrons. The number of hydrogen-bond donors (Lipinski definition) is 3. The van der Waals surface area contributed by atoms with Crippen LogP contribution in [0.3, 0.4) is 0 Å². The van der Waals surface area contributed by atoms with Crippen molar-refractivity contribution in [1.29, 1.82) is 0 Å². The second-order valence-electron chi connectivity index (χ2n) is 3.86. The third kappa shape index (κ3) is 3.77. The van der Waals surface area contributed by atoms with E-state index in [1.54, 1.807) is 18.6 Å². The Morgan fingerprint density at radius 1 is 1.32 bits per heavy atom. The summed E-state index contributed by atoms with van der Waals surface area (Å²) in [5.41, 5.74) is 0.307. The minimum Gasteiger partial charge on any atom is -0.369 e. The number of carbonyl (C=O) groups is 1. The topological polar surface area (TPSA) is 95.6 Å². The molecule has 2 heterocycles. The highest BCUT2D eigenvalue weighted by atomic mass is 16.1. The Labute approximate surface area is 110 Å². The molecule has 1 amide bonds. The van der Waals surface area contributed by atoms with Gasteiger partial charge in [0.25, 0.3) is 5.91 Å². The van der Waals surface area contributed by atoms with Crippen molar-refractivity contribution < 1.29 is 4.79 Å². The number of nitrogens with zero attached hydrogens (tertiary/aromatic N) is 3. The number of rotatable bonds is 6. The van der Waals surface area contributed by atoms with Gasteiger partial charge in [0.1, 0.15) is 17.3 Å². The van der Waals surface area contributed by atoms with Gasteiger partial charge in [0.2, 0.25) is 0 Å². The molecule has 7 nitrogen and oxygen atoms in total. The molecular weight excluding hydrogens is 244 g/mol. The molecule has 2 aromatic heterocycles. The van der Waals surface area contributed by atoms with Gasteiger partial charge in [-0.15, -0.1) is 0 Å². The molecule has 0 aliphatic heterocycles. The van der Waals surface area contributed by atoms with E-state index in [0.29, 0.717) is 24.5 Å². The summed E-state index contributed by atoms with van der Waals surface area (Å²) in [6.07, 6.45) is 7.09. The standard InChI is InChI=1S/C12H16N6O/c1-2-13-11-8-17-9(7-18-11)12(19)16-4-3-10-14-5-6-15-10/h5-8H,2-4H2,1H3,(H,13,18)(H,14,15)(H,16,19). The van der Waals surface area contributed by atoms with Crippen molar-refractivity contribution in [1.82, 2.24) is 25.3 Å². The maximum absolute atomic E-state index is 11.8. The van der Waals surface area contributed by atoms with Crippen LogP contribution in [0.2, 0.25) is 0 Å². The van der Waals surface area contributed by atoms with Crippen LogP contribution in [-0.4, -0.2) is 38.9 Å². The summed E-state index contributed by atoms with van der Waals surface area (Å²) in [6.45, 7) is 3.24. The predicted octanol–water partition coefficient (Wildman–Crippen LogP) is 0.604. The van der Waals surface area contributed by atoms with Gasteiger partial charge < -0.3 is 15.6 Å². The maximum atomic E-state index is 11.8. The van der Waals surface area contributed by atoms with Crippen molar-refractivity contribution in [2.75, 3.05) is 18.4 Å². The largest absolute Gasteiger partial charge is 0.369 e. The first-order chi connectivity index (χ1) is 9.29. The fourth-order valence-corrected chi connectivity index (χ4v) is 1.54. The molecule has 0 aliphatic carbocycles. The van der Waals surface area contributed by atoms with E-state index in [1.165, 1.54) is 6.20 Å². The summed E-state index contributed by atoms with van der Waals surface area (Å²) in [7, 11) is 0. The normalized spacial score (nSPS) is 10.2. The lowest BCUT2D eigenvalue weighted by atomic mass is 10.3. The van der Waals surface area contributed by atoms with Crippen LogP contribution in [0, 0.1) is 0 Å². The predicted molar refractivity (Wildman–Crippen MR) is 70.8 cm³/mol. The fourth-order valence-electron chi connectivity index (χ4n) is 1.54. The third-order valence-corrected chi connectivity index (χ3v) is 2.44. The monoisotopic (exact) mass is 260 g/mol. The first kappa shape index (κ1) is 13.0. The summed E-state index contributed by atoms with van der Waals surface area (Å²) in [6, 6.07) is 0. The maximum Gasteiger partial charge on any atom is 0.271 e. The second kappa shape index (κ2) is 6.48. The average molecular weight is 260 g/mol. The summed E-state index contributed by atoms with van der Waals surface area (Å²) >= 11 is 0. The quantitative estimate of drug-likeness (QED) is 0.707. The molecule has 0 aliphatic rings. The van der Waals surface area contributed by atoms with Crippen LogP contribution < -0.4 is 10.6 Å². The molecule has 2 aromatic rings. The number of amides is 1. The summed E-state index contributed by atoms with van der Waals surface area (Å²) < 4.78 is 0. The summed E-state index contributed by atoms with van der Waals surface area (Å²) in [4.78, 5) is 27.0. The highest BCUT2D eigenvalue weighted by molar-refractivity contribution is 5.91. The van der Waals surface area contributed by atoms with Crippen LogP contribution in [0.15, 0.2) is 24.8 Å². The Kier molecular flexibility index (Phi) is 4.44. The van der Waals surface area contributed by atoms with Crippen molar-refractivity contribution in [2.24, 2.45) is 0 Å². The van der Waals surface area contributed by atoms with Gasteiger partial charge in [-0.1, -0.05) is 0 Å². The van der Waals surface area contributed by atoms with Gasteiger partial charge in [-0.3, -0.25) is 4.79 Å². The van der Waals surface area contributed by atoms with Gasteiger partial charge in [0.05, 0.1) is 12.4 Å². The van der Waals surface area contributed by atoms with E-state index >= 15 is 0 Å². The van der Waals surface area contributed by atoms with Crippen LogP contribution >= 0.6 is 0 Å². The molecule has 3 N–H and O–H groups in total. The fraction of sp³-hybridized carbons (Fsp3) is 0.333. The lowest BCUT2D eigenvalue weighted by Gasteiger charge is -2.04. The van der Waals surface area contributed by atoms with Crippen molar-refractivity contribution in [3.05, 3.63) is 36.3 Å². The van der Waals surface area contributed by atoms with Crippen LogP contribution in [0.1, 0.15) is 23.2 Å². The number of H-pyrrole nitrogens is 1. The van der Waals surface area contributed by atoms with E-state index in [4.69, 9.17) is 0 Å². The molecule has 7 heteroatoms. The molecule has 0 saturated heterocycles. The van der Waals surface area contributed by atoms with E-state index < -0.39 is 0 Å². The first-order valence-electron chi connectivity index (χ1n) is 6.12. The Bertz CT molecular complexity index is 508. The first-order valence-corrected chi connectivity index (χ1v) is 6.12. The molecule has 0 atom stereocenters. The molecule has 0 unspecified atom stereocenters. The zero-order valence-corrected chi connectivity index (χ0v) is 10.7. The number of imidazole rings is 1. The molecule has 0 saturated carbocycles. The van der Waals surface area contributed by atoms with Crippen molar-refractivity contribution >= 4 is 11.7 Å². The molecule has 0 aromatic carbocycles. The van der Waals surface area contributed by atoms with Gasteiger partial charge in [0.15, 0.2) is 0 Å². The van der Waals surface area contributed by atoms with E-state index in [1.807, 2.05) is 6.92 Å². The zero-order chi connectivity index (χ0) is 13.5. The van der Waals surface area contributed by atoms with Crippen LogP contribution in [0.25, 0.3) is 0 Å². The lowest BCUT2D eigenvalue weighted by Crippen LogP contribution is -2.27. The van der Waals surface area contributed by atoms with Crippen LogP contribution in [-0.2, 0) is 6.42 Å². The SMILES string of the molecule is CCNc1cnc(C(=O)NCCc2ncc[nH]2)cn1. The smallest absolute Gasteiger partial charge is 0.271 e. The minimum absolute atomic E-state index is 0.234. The molecule has 0 radical (unpaired) electrons. The number of aromatic nitrogens is 4. The van der Waals surface area contributed by atoms with E-state index in [9.17, 15) is 4.79 Å². The second-order valence-corrected chi connectivity index (χ2v) is 3.86. The number of hydrogen-bond acceptors (Lipinski definition) is 5. The van der Waals surface area contributed by atoms with E-state index in [2.05, 4.69) is 30.6 Å². The van der Waals surface area contributed by atoms with Crippen molar-refractivity contribution in [3.63, 3.8) is 0 Å². The van der Waals surface area contributed by atoms with Crippen molar-refractivity contribution in [2.45, 2.75) is 13.3 Å². The van der Waals surface area contributed by atoms with Crippen LogP contribution in [0.5, 0.6) is 0 Å². The average Bonchev–Trinajstić information content (AvgIpc) is 2.93. The number of anilines is 1. The number of aromatic amines is 1. The van der Waals surface area contributed by atoms with Gasteiger partial charge in [-0.2, -0.15) is 0 Å². The summed E-state index contributed by atoms with van der Waals surface area (Å²) in [5, 5.41) is 5.78. The van der Waals surface area contributed by atoms with Crippen LogP contribution in [0.4, 0.5) is 5.82 Å². The molecule has 2 rings (SSSR count). The van der Waals surface area contributed by atoms with Gasteiger partial charge in [0, 0.05) is 31.9 Å². The Morgan fingerprint density at radius 3 is 2.84 bits per heavy atom. The highest BCUT2D eigenvalue weighted by Crippen LogP contribution is 2.00. The van der Waals surface area contributed by atoms with E-state index in [0.717, 1.165) is 12.4 Å². The lowest BCUT2D eigenvalue weighted by molar-refractivity contribution is 0.0948. The molecule has 19 heavy (non-hydrogen) atoms. The third-order valence-electron chi connectivity index (χ3n) is 2.44. The molecule has 0 spiro atoms. The number of carbonyl (C=O) groups excluding carboxylic acids is 1. The van der Waals surface area contributed by atoms with Gasteiger partial charge in [-0.05, 0) is 6.92 Å². The van der Waals surface area contributed by atoms with E-state index in [-0.39, 0.29) is 5.91 Å². The van der Waals surface area contributed by atoms with Crippen molar-refractivity contribution in [3.8, 4) is 0 Å². The summed E-state index contributed by atoms with van der Waals surface area (Å²) in [5.74, 6) is 1.27.